The number of anilines is 1. The van der Waals surface area contributed by atoms with Crippen molar-refractivity contribution in [1.82, 2.24) is 34.7 Å². The third-order valence-corrected chi connectivity index (χ3v) is 12.2. The van der Waals surface area contributed by atoms with Crippen LogP contribution in [0.15, 0.2) is 182 Å². The lowest BCUT2D eigenvalue weighted by Gasteiger charge is -2.36. The topological polar surface area (TPSA) is 85.0 Å². The maximum absolute atomic E-state index is 14.1. The number of imidazole rings is 1. The molecule has 2 aromatic heterocycles. The summed E-state index contributed by atoms with van der Waals surface area (Å²) in [6.07, 6.45) is 1.58. The van der Waals surface area contributed by atoms with Gasteiger partial charge in [-0.3, -0.25) is 9.47 Å². The highest BCUT2D eigenvalue weighted by Crippen LogP contribution is 2.45. The number of hydrogen-bond donors (Lipinski definition) is 0. The first-order valence-electron chi connectivity index (χ1n) is 21.3. The zero-order valence-electron chi connectivity index (χ0n) is 34.8. The van der Waals surface area contributed by atoms with Crippen LogP contribution in [0.3, 0.4) is 0 Å². The highest BCUT2D eigenvalue weighted by molar-refractivity contribution is 5.95. The van der Waals surface area contributed by atoms with Crippen LogP contribution in [0.4, 0.5) is 10.5 Å². The van der Waals surface area contributed by atoms with Crippen molar-refractivity contribution in [2.45, 2.75) is 38.8 Å². The molecule has 1 aliphatic rings. The number of aromatic nitrogens is 6. The van der Waals surface area contributed by atoms with E-state index in [0.717, 1.165) is 85.7 Å². The summed E-state index contributed by atoms with van der Waals surface area (Å²) in [5.74, 6) is 1.54. The molecule has 1 fully saturated rings. The van der Waals surface area contributed by atoms with Crippen LogP contribution < -0.4 is 4.90 Å². The van der Waals surface area contributed by atoms with Crippen molar-refractivity contribution >= 4 is 22.8 Å². The van der Waals surface area contributed by atoms with Crippen molar-refractivity contribution < 1.29 is 4.79 Å². The van der Waals surface area contributed by atoms with Crippen molar-refractivity contribution in [2.75, 3.05) is 18.0 Å². The first-order chi connectivity index (χ1) is 30.6. The molecule has 9 heteroatoms. The van der Waals surface area contributed by atoms with Crippen LogP contribution in [-0.2, 0) is 18.5 Å². The predicted molar refractivity (Wildman–Crippen MR) is 246 cm³/mol. The summed E-state index contributed by atoms with van der Waals surface area (Å²) < 4.78 is 4.27. The second kappa shape index (κ2) is 16.4. The molecular formula is C53H46N8O. The minimum absolute atomic E-state index is 0.0116. The van der Waals surface area contributed by atoms with E-state index in [0.29, 0.717) is 25.3 Å². The average Bonchev–Trinajstić information content (AvgIpc) is 3.97. The molecule has 3 heterocycles. The third-order valence-electron chi connectivity index (χ3n) is 12.2. The minimum Gasteiger partial charge on any atom is -0.320 e. The zero-order valence-corrected chi connectivity index (χ0v) is 34.8. The lowest BCUT2D eigenvalue weighted by Crippen LogP contribution is -2.49. The van der Waals surface area contributed by atoms with Gasteiger partial charge in [-0.15, -0.1) is 5.10 Å². The number of nitrogens with zero attached hydrogens (tertiary/aromatic N) is 8. The Bertz CT molecular complexity index is 2890. The predicted octanol–water partition coefficient (Wildman–Crippen LogP) is 10.9. The van der Waals surface area contributed by atoms with E-state index in [-0.39, 0.29) is 6.03 Å². The number of carbonyl (C=O) groups is 1. The van der Waals surface area contributed by atoms with Crippen LogP contribution in [-0.4, -0.2) is 53.8 Å². The summed E-state index contributed by atoms with van der Waals surface area (Å²) in [6.45, 7) is 6.24. The van der Waals surface area contributed by atoms with Crippen LogP contribution in [0.2, 0.25) is 0 Å². The van der Waals surface area contributed by atoms with E-state index in [1.165, 1.54) is 0 Å². The number of aryl methyl sites for hydroxylation is 1. The Morgan fingerprint density at radius 2 is 1.26 bits per heavy atom. The Morgan fingerprint density at radius 1 is 0.661 bits per heavy atom. The quantitative estimate of drug-likeness (QED) is 0.121. The highest BCUT2D eigenvalue weighted by atomic mass is 16.2. The summed E-state index contributed by atoms with van der Waals surface area (Å²) in [4.78, 5) is 23.1. The Hall–Kier alpha value is -7.65. The van der Waals surface area contributed by atoms with E-state index in [1.54, 1.807) is 0 Å². The molecule has 0 aliphatic carbocycles. The van der Waals surface area contributed by atoms with E-state index in [9.17, 15) is 4.79 Å². The van der Waals surface area contributed by atoms with Gasteiger partial charge in [-0.05, 0) is 87.0 Å². The second-order valence-electron chi connectivity index (χ2n) is 15.8. The van der Waals surface area contributed by atoms with Crippen LogP contribution in [0.1, 0.15) is 47.0 Å². The van der Waals surface area contributed by atoms with Crippen LogP contribution >= 0.6 is 0 Å². The molecule has 2 amide bonds. The van der Waals surface area contributed by atoms with Crippen molar-refractivity contribution in [3.8, 4) is 28.2 Å². The summed E-state index contributed by atoms with van der Waals surface area (Å²) in [5.41, 5.74) is 10.8. The van der Waals surface area contributed by atoms with E-state index in [1.807, 2.05) is 69.1 Å². The number of carbonyl (C=O) groups excluding carboxylic acids is 1. The van der Waals surface area contributed by atoms with Gasteiger partial charge in [0.2, 0.25) is 0 Å². The van der Waals surface area contributed by atoms with Gasteiger partial charge >= 0.3 is 6.03 Å². The molecular weight excluding hydrogens is 765 g/mol. The lowest BCUT2D eigenvalue weighted by molar-refractivity contribution is 0.192. The fourth-order valence-electron chi connectivity index (χ4n) is 9.32. The van der Waals surface area contributed by atoms with Gasteiger partial charge in [-0.25, -0.2) is 14.5 Å². The van der Waals surface area contributed by atoms with Gasteiger partial charge in [0.1, 0.15) is 11.4 Å². The summed E-state index contributed by atoms with van der Waals surface area (Å²) in [6, 6.07) is 62.7. The zero-order chi connectivity index (χ0) is 42.0. The Kier molecular flexibility index (Phi) is 10.2. The Labute approximate surface area is 361 Å². The molecule has 10 rings (SSSR count). The number of amides is 2. The second-order valence-corrected chi connectivity index (χ2v) is 15.8. The number of benzene rings is 7. The fourth-order valence-corrected chi connectivity index (χ4v) is 9.32. The fraction of sp³-hybridized carbons (Fsp3) is 0.151. The van der Waals surface area contributed by atoms with E-state index >= 15 is 0 Å². The van der Waals surface area contributed by atoms with Crippen molar-refractivity contribution in [3.63, 3.8) is 0 Å². The number of rotatable bonds is 11. The first-order valence-corrected chi connectivity index (χ1v) is 21.3. The van der Waals surface area contributed by atoms with Crippen molar-refractivity contribution in [1.29, 1.82) is 0 Å². The maximum Gasteiger partial charge on any atom is 0.324 e. The Balaban J connectivity index is 1.18. The molecule has 0 bridgehead atoms. The molecule has 0 unspecified atom stereocenters. The van der Waals surface area contributed by atoms with E-state index < -0.39 is 5.54 Å². The summed E-state index contributed by atoms with van der Waals surface area (Å²) in [7, 11) is 0. The SMILES string of the molecule is CCc1nc2ccc(N3CCCN(Cc4ccccc4)C3=O)cc2n1-c1ccc(-c2ccccc2)c(-c2nnnn2C(c2ccccc2)(c2ccccc2)c2ccccc2)c1C. The molecule has 304 valence electrons. The molecule has 7 aromatic carbocycles. The van der Waals surface area contributed by atoms with Gasteiger partial charge in [-0.1, -0.05) is 165 Å². The number of urea groups is 1. The maximum atomic E-state index is 14.1. The third kappa shape index (κ3) is 6.62. The van der Waals surface area contributed by atoms with E-state index in [2.05, 4.69) is 151 Å². The standard InChI is InChI=1S/C53H46N8O/c1-3-49-54-46-32-30-44(59-35-19-34-58(52(59)62)37-39-20-9-4-10-21-39)36-48(46)60(49)47-33-31-45(40-22-11-5-12-23-40)50(38(47)2)51-55-56-57-61(51)53(41-24-13-6-14-25-41,42-26-15-7-16-27-42)43-28-17-8-18-29-43/h4-18,20-33,36H,3,19,34-35,37H2,1-2H3. The number of tetrazole rings is 1. The molecule has 9 nitrogen and oxygen atoms in total. The first kappa shape index (κ1) is 38.5. The van der Waals surface area contributed by atoms with Gasteiger partial charge in [0.15, 0.2) is 5.82 Å². The largest absolute Gasteiger partial charge is 0.324 e. The van der Waals surface area contributed by atoms with Crippen LogP contribution in [0, 0.1) is 6.92 Å². The molecule has 9 aromatic rings. The number of hydrogen-bond acceptors (Lipinski definition) is 5. The van der Waals surface area contributed by atoms with Gasteiger partial charge in [-0.2, -0.15) is 0 Å². The molecule has 0 N–H and O–H groups in total. The Morgan fingerprint density at radius 3 is 1.87 bits per heavy atom. The van der Waals surface area contributed by atoms with Gasteiger partial charge in [0.05, 0.1) is 16.7 Å². The van der Waals surface area contributed by atoms with Crippen molar-refractivity contribution in [2.24, 2.45) is 0 Å². The van der Waals surface area contributed by atoms with Crippen LogP contribution in [0.5, 0.6) is 0 Å². The van der Waals surface area contributed by atoms with Gasteiger partial charge < -0.3 is 4.90 Å². The van der Waals surface area contributed by atoms with Crippen molar-refractivity contribution in [3.05, 3.63) is 216 Å². The lowest BCUT2D eigenvalue weighted by atomic mass is 9.76. The molecule has 0 spiro atoms. The minimum atomic E-state index is -0.945. The molecule has 0 saturated carbocycles. The molecule has 1 aliphatic heterocycles. The van der Waals surface area contributed by atoms with Gasteiger partial charge in [0, 0.05) is 37.3 Å². The van der Waals surface area contributed by atoms with Crippen LogP contribution in [0.25, 0.3) is 39.2 Å². The molecule has 1 saturated heterocycles. The summed E-state index contributed by atoms with van der Waals surface area (Å²) >= 11 is 0. The molecule has 62 heavy (non-hydrogen) atoms. The normalized spacial score (nSPS) is 13.2. The monoisotopic (exact) mass is 810 g/mol. The average molecular weight is 811 g/mol. The molecule has 0 radical (unpaired) electrons. The summed E-state index contributed by atoms with van der Waals surface area (Å²) in [5, 5.41) is 14.4. The van der Waals surface area contributed by atoms with E-state index in [4.69, 9.17) is 15.3 Å². The van der Waals surface area contributed by atoms with Gasteiger partial charge in [0.25, 0.3) is 0 Å². The molecule has 0 atom stereocenters. The number of fused-ring (bicyclic) bond motifs is 1. The highest BCUT2D eigenvalue weighted by Gasteiger charge is 2.42. The smallest absolute Gasteiger partial charge is 0.320 e.